The summed E-state index contributed by atoms with van der Waals surface area (Å²) in [5.74, 6) is -2.14. The molecule has 1 fully saturated rings. The van der Waals surface area contributed by atoms with Gasteiger partial charge in [0.15, 0.2) is 0 Å². The number of nitrogens with zero attached hydrogens (tertiary/aromatic N) is 1. The van der Waals surface area contributed by atoms with Gasteiger partial charge in [0.1, 0.15) is 11.6 Å². The molecule has 8 heteroatoms. The number of rotatable bonds is 5. The van der Waals surface area contributed by atoms with E-state index in [0.717, 1.165) is 12.1 Å². The third kappa shape index (κ3) is 5.39. The van der Waals surface area contributed by atoms with Crippen LogP contribution in [0.5, 0.6) is 0 Å². The molecule has 1 aromatic carbocycles. The lowest BCUT2D eigenvalue weighted by atomic mass is 9.86. The van der Waals surface area contributed by atoms with Crippen molar-refractivity contribution in [3.05, 3.63) is 35.4 Å². The maximum Gasteiger partial charge on any atom is 0.256 e. The molecule has 1 heterocycles. The Labute approximate surface area is 165 Å². The summed E-state index contributed by atoms with van der Waals surface area (Å²) in [7, 11) is 0. The maximum absolute atomic E-state index is 13.8. The third-order valence-corrected chi connectivity index (χ3v) is 5.42. The molecule has 0 aliphatic carbocycles. The lowest BCUT2D eigenvalue weighted by Gasteiger charge is -2.37. The van der Waals surface area contributed by atoms with Crippen molar-refractivity contribution in [1.29, 1.82) is 0 Å². The van der Waals surface area contributed by atoms with E-state index in [9.17, 15) is 18.4 Å². The quantitative estimate of drug-likeness (QED) is 0.793. The van der Waals surface area contributed by atoms with Crippen LogP contribution in [-0.2, 0) is 4.79 Å². The number of hydrogen-bond donors (Lipinski definition) is 2. The zero-order valence-corrected chi connectivity index (χ0v) is 16.7. The molecule has 0 bridgehead atoms. The normalized spacial score (nSPS) is 17.2. The molecule has 2 amide bonds. The van der Waals surface area contributed by atoms with Crippen molar-refractivity contribution in [3.63, 3.8) is 0 Å². The van der Waals surface area contributed by atoms with Crippen LogP contribution in [-0.4, -0.2) is 41.9 Å². The van der Waals surface area contributed by atoms with Crippen molar-refractivity contribution in [2.45, 2.75) is 39.2 Å². The van der Waals surface area contributed by atoms with E-state index in [4.69, 9.17) is 5.73 Å². The monoisotopic (exact) mass is 403 g/mol. The van der Waals surface area contributed by atoms with E-state index in [-0.39, 0.29) is 35.7 Å². The largest absolute Gasteiger partial charge is 0.349 e. The molecular formula is C19H28ClF2N3O2. The van der Waals surface area contributed by atoms with Gasteiger partial charge in [-0.15, -0.1) is 12.4 Å². The minimum Gasteiger partial charge on any atom is -0.349 e. The average Bonchev–Trinajstić information content (AvgIpc) is 2.61. The van der Waals surface area contributed by atoms with Crippen LogP contribution in [0, 0.1) is 23.5 Å². The molecule has 1 aliphatic heterocycles. The first kappa shape index (κ1) is 23.3. The highest BCUT2D eigenvalue weighted by Gasteiger charge is 2.34. The topological polar surface area (TPSA) is 75.4 Å². The minimum absolute atomic E-state index is 0. The number of nitrogens with two attached hydrogens (primary N) is 1. The van der Waals surface area contributed by atoms with Crippen LogP contribution in [0.15, 0.2) is 18.2 Å². The lowest BCUT2D eigenvalue weighted by Crippen LogP contribution is -2.57. The SMILES string of the molecule is CC(C)C(C)(CN)NC(=O)C1CCN(C(=O)c2ccc(F)cc2F)CC1.Cl. The molecule has 3 N–H and O–H groups in total. The molecule has 0 aromatic heterocycles. The second-order valence-electron chi connectivity index (χ2n) is 7.46. The summed E-state index contributed by atoms with van der Waals surface area (Å²) < 4.78 is 26.8. The number of piperidine rings is 1. The zero-order chi connectivity index (χ0) is 19.5. The molecule has 1 saturated heterocycles. The standard InChI is InChI=1S/C19H27F2N3O2.ClH/c1-12(2)19(3,11-22)23-17(25)13-6-8-24(9-7-13)18(26)15-5-4-14(20)10-16(15)21;/h4-5,10,12-13H,6-9,11,22H2,1-3H3,(H,23,25);1H. The van der Waals surface area contributed by atoms with E-state index < -0.39 is 23.1 Å². The first-order valence-corrected chi connectivity index (χ1v) is 8.94. The Morgan fingerprint density at radius 3 is 2.37 bits per heavy atom. The van der Waals surface area contributed by atoms with Gasteiger partial charge in [-0.25, -0.2) is 8.78 Å². The molecule has 1 aromatic rings. The summed E-state index contributed by atoms with van der Waals surface area (Å²) in [5, 5.41) is 3.03. The van der Waals surface area contributed by atoms with E-state index in [0.29, 0.717) is 38.5 Å². The van der Waals surface area contributed by atoms with E-state index in [1.807, 2.05) is 20.8 Å². The van der Waals surface area contributed by atoms with E-state index in [2.05, 4.69) is 5.32 Å². The van der Waals surface area contributed by atoms with Crippen LogP contribution in [0.4, 0.5) is 8.78 Å². The van der Waals surface area contributed by atoms with Gasteiger partial charge in [0.25, 0.3) is 5.91 Å². The summed E-state index contributed by atoms with van der Waals surface area (Å²) in [6, 6.07) is 2.92. The summed E-state index contributed by atoms with van der Waals surface area (Å²) in [6.07, 6.45) is 0.998. The molecule has 0 radical (unpaired) electrons. The number of carbonyl (C=O) groups is 2. The van der Waals surface area contributed by atoms with E-state index in [1.165, 1.54) is 4.90 Å². The summed E-state index contributed by atoms with van der Waals surface area (Å²) >= 11 is 0. The molecule has 5 nitrogen and oxygen atoms in total. The molecule has 27 heavy (non-hydrogen) atoms. The predicted octanol–water partition coefficient (Wildman–Crippen LogP) is 2.73. The highest BCUT2D eigenvalue weighted by atomic mass is 35.5. The highest BCUT2D eigenvalue weighted by molar-refractivity contribution is 5.94. The van der Waals surface area contributed by atoms with Crippen LogP contribution >= 0.6 is 12.4 Å². The van der Waals surface area contributed by atoms with Gasteiger partial charge in [0, 0.05) is 31.6 Å². The molecule has 0 spiro atoms. The molecular weight excluding hydrogens is 376 g/mol. The average molecular weight is 404 g/mol. The first-order chi connectivity index (χ1) is 12.2. The fraction of sp³-hybridized carbons (Fsp3) is 0.579. The Morgan fingerprint density at radius 2 is 1.89 bits per heavy atom. The van der Waals surface area contributed by atoms with Crippen molar-refractivity contribution in [3.8, 4) is 0 Å². The van der Waals surface area contributed by atoms with Gasteiger partial charge >= 0.3 is 0 Å². The van der Waals surface area contributed by atoms with Crippen molar-refractivity contribution in [1.82, 2.24) is 10.2 Å². The second kappa shape index (κ2) is 9.46. The van der Waals surface area contributed by atoms with Crippen LogP contribution < -0.4 is 11.1 Å². The number of likely N-dealkylation sites (tertiary alicyclic amines) is 1. The number of nitrogens with one attached hydrogen (secondary N) is 1. The molecule has 0 saturated carbocycles. The lowest BCUT2D eigenvalue weighted by molar-refractivity contribution is -0.128. The van der Waals surface area contributed by atoms with Gasteiger partial charge in [-0.3, -0.25) is 9.59 Å². The van der Waals surface area contributed by atoms with Gasteiger partial charge in [-0.1, -0.05) is 13.8 Å². The second-order valence-corrected chi connectivity index (χ2v) is 7.46. The van der Waals surface area contributed by atoms with Gasteiger partial charge in [0.2, 0.25) is 5.91 Å². The molecule has 1 atom stereocenters. The molecule has 1 unspecified atom stereocenters. The molecule has 152 valence electrons. The summed E-state index contributed by atoms with van der Waals surface area (Å²) in [5.41, 5.74) is 5.19. The molecule has 2 rings (SSSR count). The maximum atomic E-state index is 13.8. The van der Waals surface area contributed by atoms with Crippen molar-refractivity contribution >= 4 is 24.2 Å². The van der Waals surface area contributed by atoms with Crippen molar-refractivity contribution < 1.29 is 18.4 Å². The fourth-order valence-electron chi connectivity index (χ4n) is 2.99. The fourth-order valence-corrected chi connectivity index (χ4v) is 2.99. The Kier molecular flexibility index (Phi) is 8.17. The van der Waals surface area contributed by atoms with Gasteiger partial charge in [-0.05, 0) is 37.8 Å². The first-order valence-electron chi connectivity index (χ1n) is 8.94. The third-order valence-electron chi connectivity index (χ3n) is 5.42. The van der Waals surface area contributed by atoms with Crippen LogP contribution in [0.25, 0.3) is 0 Å². The van der Waals surface area contributed by atoms with Crippen LogP contribution in [0.2, 0.25) is 0 Å². The Balaban J connectivity index is 0.00000364. The number of benzene rings is 1. The highest BCUT2D eigenvalue weighted by Crippen LogP contribution is 2.23. The predicted molar refractivity (Wildman–Crippen MR) is 103 cm³/mol. The number of halogens is 3. The van der Waals surface area contributed by atoms with E-state index >= 15 is 0 Å². The number of carbonyl (C=O) groups excluding carboxylic acids is 2. The zero-order valence-electron chi connectivity index (χ0n) is 15.9. The number of amides is 2. The minimum atomic E-state index is -0.870. The van der Waals surface area contributed by atoms with Gasteiger partial charge in [-0.2, -0.15) is 0 Å². The Morgan fingerprint density at radius 1 is 1.30 bits per heavy atom. The van der Waals surface area contributed by atoms with Gasteiger partial charge < -0.3 is 16.0 Å². The Bertz CT molecular complexity index is 679. The molecule has 1 aliphatic rings. The Hall–Kier alpha value is -1.73. The smallest absolute Gasteiger partial charge is 0.256 e. The van der Waals surface area contributed by atoms with Crippen molar-refractivity contribution in [2.75, 3.05) is 19.6 Å². The van der Waals surface area contributed by atoms with Crippen LogP contribution in [0.1, 0.15) is 44.0 Å². The van der Waals surface area contributed by atoms with Gasteiger partial charge in [0.05, 0.1) is 11.1 Å². The van der Waals surface area contributed by atoms with Crippen LogP contribution in [0.3, 0.4) is 0 Å². The summed E-state index contributed by atoms with van der Waals surface area (Å²) in [6.45, 7) is 6.99. The number of hydrogen-bond acceptors (Lipinski definition) is 3. The summed E-state index contributed by atoms with van der Waals surface area (Å²) in [4.78, 5) is 26.5. The van der Waals surface area contributed by atoms with Crippen molar-refractivity contribution in [2.24, 2.45) is 17.6 Å². The van der Waals surface area contributed by atoms with E-state index in [1.54, 1.807) is 0 Å².